The zero-order valence-corrected chi connectivity index (χ0v) is 10.9. The number of ether oxygens (including phenoxy) is 1. The van der Waals surface area contributed by atoms with Crippen molar-refractivity contribution in [1.29, 1.82) is 0 Å². The van der Waals surface area contributed by atoms with Gasteiger partial charge in [-0.15, -0.1) is 5.10 Å². The molecule has 0 aliphatic carbocycles. The summed E-state index contributed by atoms with van der Waals surface area (Å²) in [5.74, 6) is 0.00919. The number of carboxylic acid groups (broad SMARTS) is 1. The maximum absolute atomic E-state index is 10.7. The summed E-state index contributed by atoms with van der Waals surface area (Å²) in [7, 11) is 0. The molecule has 7 heteroatoms. The molecule has 0 aliphatic heterocycles. The maximum atomic E-state index is 10.7. The molecule has 1 aromatic rings. The Hall–Kier alpha value is -1.50. The number of rotatable bonds is 9. The lowest BCUT2D eigenvalue weighted by molar-refractivity contribution is -0.138. The van der Waals surface area contributed by atoms with E-state index >= 15 is 0 Å². The molecule has 7 nitrogen and oxygen atoms in total. The Bertz CT molecular complexity index is 367. The van der Waals surface area contributed by atoms with Crippen LogP contribution in [0.1, 0.15) is 32.5 Å². The number of carbonyl (C=O) groups is 1. The molecule has 1 heterocycles. The third kappa shape index (κ3) is 4.79. The van der Waals surface area contributed by atoms with Gasteiger partial charge in [0.1, 0.15) is 0 Å². The second-order valence-corrected chi connectivity index (χ2v) is 4.10. The minimum atomic E-state index is -0.786. The summed E-state index contributed by atoms with van der Waals surface area (Å²) in [6.07, 6.45) is 1.57. The number of tetrazole rings is 1. The quantitative estimate of drug-likeness (QED) is 0.656. The molecular formula is C11H20N4O3. The lowest BCUT2D eigenvalue weighted by Gasteiger charge is -2.12. The van der Waals surface area contributed by atoms with Crippen LogP contribution in [0.2, 0.25) is 0 Å². The van der Waals surface area contributed by atoms with E-state index in [0.29, 0.717) is 26.2 Å². The molecule has 102 valence electrons. The number of hydrogen-bond donors (Lipinski definition) is 1. The second-order valence-electron chi connectivity index (χ2n) is 4.10. The van der Waals surface area contributed by atoms with E-state index in [0.717, 1.165) is 12.2 Å². The predicted octanol–water partition coefficient (Wildman–Crippen LogP) is 0.753. The van der Waals surface area contributed by atoms with E-state index in [1.165, 1.54) is 0 Å². The van der Waals surface area contributed by atoms with Crippen molar-refractivity contribution in [1.82, 2.24) is 20.2 Å². The lowest BCUT2D eigenvalue weighted by Crippen LogP contribution is -2.18. The molecular weight excluding hydrogens is 236 g/mol. The van der Waals surface area contributed by atoms with E-state index in [2.05, 4.69) is 15.5 Å². The van der Waals surface area contributed by atoms with Gasteiger partial charge in [-0.25, -0.2) is 4.68 Å². The van der Waals surface area contributed by atoms with Crippen molar-refractivity contribution in [3.8, 4) is 0 Å². The van der Waals surface area contributed by atoms with Crippen LogP contribution in [-0.4, -0.2) is 44.5 Å². The Labute approximate surface area is 106 Å². The van der Waals surface area contributed by atoms with Crippen LogP contribution in [0.4, 0.5) is 0 Å². The van der Waals surface area contributed by atoms with E-state index in [4.69, 9.17) is 9.84 Å². The molecule has 0 fully saturated rings. The summed E-state index contributed by atoms with van der Waals surface area (Å²) in [4.78, 5) is 10.7. The van der Waals surface area contributed by atoms with Gasteiger partial charge in [0.15, 0.2) is 5.82 Å². The number of nitrogens with zero attached hydrogens (tertiary/aromatic N) is 4. The van der Waals surface area contributed by atoms with Gasteiger partial charge in [0.2, 0.25) is 0 Å². The minimum Gasteiger partial charge on any atom is -0.481 e. The largest absolute Gasteiger partial charge is 0.481 e. The van der Waals surface area contributed by atoms with Crippen LogP contribution in [0.3, 0.4) is 0 Å². The van der Waals surface area contributed by atoms with Gasteiger partial charge in [-0.05, 0) is 23.3 Å². The summed E-state index contributed by atoms with van der Waals surface area (Å²) >= 11 is 0. The first kappa shape index (κ1) is 14.6. The first-order chi connectivity index (χ1) is 8.67. The van der Waals surface area contributed by atoms with Crippen LogP contribution in [0.5, 0.6) is 0 Å². The maximum Gasteiger partial charge on any atom is 0.303 e. The second kappa shape index (κ2) is 7.75. The highest BCUT2D eigenvalue weighted by Crippen LogP contribution is 2.11. The molecule has 0 aromatic carbocycles. The molecule has 0 spiro atoms. The van der Waals surface area contributed by atoms with Gasteiger partial charge in [0, 0.05) is 26.0 Å². The van der Waals surface area contributed by atoms with Crippen LogP contribution < -0.4 is 0 Å². The molecule has 0 saturated heterocycles. The van der Waals surface area contributed by atoms with Crippen LogP contribution in [0.15, 0.2) is 0 Å². The first-order valence-corrected chi connectivity index (χ1v) is 6.21. The Morgan fingerprint density at radius 3 is 2.89 bits per heavy atom. The van der Waals surface area contributed by atoms with E-state index in [9.17, 15) is 4.79 Å². The highest BCUT2D eigenvalue weighted by Gasteiger charge is 2.15. The van der Waals surface area contributed by atoms with E-state index < -0.39 is 5.97 Å². The average Bonchev–Trinajstić information content (AvgIpc) is 2.75. The van der Waals surface area contributed by atoms with Crippen LogP contribution in [0, 0.1) is 5.92 Å². The monoisotopic (exact) mass is 256 g/mol. The highest BCUT2D eigenvalue weighted by atomic mass is 16.5. The number of carboxylic acids is 1. The summed E-state index contributed by atoms with van der Waals surface area (Å²) in [6.45, 7) is 5.68. The molecule has 1 unspecified atom stereocenters. The molecule has 18 heavy (non-hydrogen) atoms. The Kier molecular flexibility index (Phi) is 6.27. The fraction of sp³-hybridized carbons (Fsp3) is 0.818. The molecule has 0 amide bonds. The van der Waals surface area contributed by atoms with Gasteiger partial charge in [-0.2, -0.15) is 0 Å². The first-order valence-electron chi connectivity index (χ1n) is 6.21. The molecule has 0 bridgehead atoms. The van der Waals surface area contributed by atoms with Crippen LogP contribution in [0.25, 0.3) is 0 Å². The van der Waals surface area contributed by atoms with Gasteiger partial charge in [0.25, 0.3) is 0 Å². The molecule has 1 atom stereocenters. The molecule has 0 aliphatic rings. The van der Waals surface area contributed by atoms with Gasteiger partial charge < -0.3 is 9.84 Å². The summed E-state index contributed by atoms with van der Waals surface area (Å²) in [6, 6.07) is 0. The lowest BCUT2D eigenvalue weighted by atomic mass is 10.0. The van der Waals surface area contributed by atoms with Gasteiger partial charge in [-0.3, -0.25) is 4.79 Å². The molecule has 1 aromatic heterocycles. The third-order valence-corrected chi connectivity index (χ3v) is 2.75. The van der Waals surface area contributed by atoms with Crippen molar-refractivity contribution in [2.24, 2.45) is 5.92 Å². The summed E-state index contributed by atoms with van der Waals surface area (Å²) < 4.78 is 6.93. The van der Waals surface area contributed by atoms with Crippen LogP contribution in [-0.2, 0) is 22.5 Å². The Balaban J connectivity index is 2.54. The zero-order chi connectivity index (χ0) is 13.4. The van der Waals surface area contributed by atoms with Crippen molar-refractivity contribution in [2.75, 3.05) is 13.2 Å². The molecule has 1 N–H and O–H groups in total. The number of aromatic nitrogens is 4. The van der Waals surface area contributed by atoms with Crippen molar-refractivity contribution < 1.29 is 14.6 Å². The molecule has 0 radical (unpaired) electrons. The Morgan fingerprint density at radius 1 is 1.50 bits per heavy atom. The minimum absolute atomic E-state index is 0.0526. The fourth-order valence-corrected chi connectivity index (χ4v) is 1.68. The normalized spacial score (nSPS) is 12.6. The van der Waals surface area contributed by atoms with Crippen molar-refractivity contribution in [3.63, 3.8) is 0 Å². The highest BCUT2D eigenvalue weighted by molar-refractivity contribution is 5.66. The van der Waals surface area contributed by atoms with E-state index in [1.54, 1.807) is 4.68 Å². The predicted molar refractivity (Wildman–Crippen MR) is 64.0 cm³/mol. The van der Waals surface area contributed by atoms with Gasteiger partial charge in [-0.1, -0.05) is 13.3 Å². The van der Waals surface area contributed by atoms with Crippen molar-refractivity contribution >= 4 is 5.97 Å². The Morgan fingerprint density at radius 2 is 2.28 bits per heavy atom. The summed E-state index contributed by atoms with van der Waals surface area (Å²) in [5.41, 5.74) is 0. The topological polar surface area (TPSA) is 90.1 Å². The SMILES string of the molecule is CCOCCc1nnnn1CC(CC)CC(=O)O. The van der Waals surface area contributed by atoms with Crippen LogP contribution >= 0.6 is 0 Å². The number of hydrogen-bond acceptors (Lipinski definition) is 5. The van der Waals surface area contributed by atoms with Gasteiger partial charge >= 0.3 is 5.97 Å². The van der Waals surface area contributed by atoms with E-state index in [1.807, 2.05) is 13.8 Å². The van der Waals surface area contributed by atoms with Crippen molar-refractivity contribution in [2.45, 2.75) is 39.7 Å². The molecule has 1 rings (SSSR count). The van der Waals surface area contributed by atoms with Gasteiger partial charge in [0.05, 0.1) is 6.61 Å². The standard InChI is InChI=1S/C11H20N4O3/c1-3-9(7-11(16)17)8-15-10(12-13-14-15)5-6-18-4-2/h9H,3-8H2,1-2H3,(H,16,17). The summed E-state index contributed by atoms with van der Waals surface area (Å²) in [5, 5.41) is 20.3. The molecule has 0 saturated carbocycles. The average molecular weight is 256 g/mol. The fourth-order valence-electron chi connectivity index (χ4n) is 1.68. The third-order valence-electron chi connectivity index (χ3n) is 2.75. The smallest absolute Gasteiger partial charge is 0.303 e. The number of aliphatic carboxylic acids is 1. The van der Waals surface area contributed by atoms with Crippen molar-refractivity contribution in [3.05, 3.63) is 5.82 Å². The van der Waals surface area contributed by atoms with E-state index in [-0.39, 0.29) is 12.3 Å². The zero-order valence-electron chi connectivity index (χ0n) is 10.9.